The van der Waals surface area contributed by atoms with Gasteiger partial charge in [0.05, 0.1) is 5.41 Å². The van der Waals surface area contributed by atoms with Crippen LogP contribution in [0.4, 0.5) is 0 Å². The van der Waals surface area contributed by atoms with Crippen molar-refractivity contribution in [1.82, 2.24) is 5.32 Å². The minimum absolute atomic E-state index is 0.115. The van der Waals surface area contributed by atoms with Crippen LogP contribution in [0.1, 0.15) is 52.5 Å². The molecule has 0 radical (unpaired) electrons. The molecule has 0 aromatic heterocycles. The van der Waals surface area contributed by atoms with Gasteiger partial charge in [-0.15, -0.1) is 0 Å². The molecule has 0 spiro atoms. The van der Waals surface area contributed by atoms with E-state index in [1.165, 1.54) is 12.0 Å². The van der Waals surface area contributed by atoms with Gasteiger partial charge >= 0.3 is 0 Å². The van der Waals surface area contributed by atoms with E-state index < -0.39 is 0 Å². The predicted octanol–water partition coefficient (Wildman–Crippen LogP) is 4.44. The van der Waals surface area contributed by atoms with Crippen LogP contribution in [-0.2, 0) is 11.2 Å². The van der Waals surface area contributed by atoms with Gasteiger partial charge in [-0.05, 0) is 54.4 Å². The summed E-state index contributed by atoms with van der Waals surface area (Å²) < 4.78 is 0. The van der Waals surface area contributed by atoms with Gasteiger partial charge in [0.15, 0.2) is 0 Å². The zero-order valence-electron chi connectivity index (χ0n) is 15.1. The normalized spacial score (nSPS) is 35.0. The van der Waals surface area contributed by atoms with Gasteiger partial charge in [0, 0.05) is 6.54 Å². The van der Waals surface area contributed by atoms with E-state index in [0.717, 1.165) is 25.8 Å². The maximum atomic E-state index is 13.0. The summed E-state index contributed by atoms with van der Waals surface area (Å²) in [4.78, 5) is 13.0. The molecule has 0 saturated heterocycles. The molecule has 1 aromatic carbocycles. The Balaban J connectivity index is 1.65. The molecule has 2 aliphatic carbocycles. The molecule has 1 N–H and O–H groups in total. The Kier molecular flexibility index (Phi) is 4.29. The average Bonchev–Trinajstić information content (AvgIpc) is 2.98. The van der Waals surface area contributed by atoms with Crippen molar-refractivity contribution in [2.75, 3.05) is 6.54 Å². The summed E-state index contributed by atoms with van der Waals surface area (Å²) in [6, 6.07) is 10.4. The van der Waals surface area contributed by atoms with E-state index in [2.05, 4.69) is 57.3 Å². The lowest BCUT2D eigenvalue weighted by molar-refractivity contribution is -0.140. The van der Waals surface area contributed by atoms with Crippen molar-refractivity contribution < 1.29 is 4.79 Å². The Morgan fingerprint density at radius 2 is 1.87 bits per heavy atom. The van der Waals surface area contributed by atoms with Crippen molar-refractivity contribution in [3.8, 4) is 0 Å². The van der Waals surface area contributed by atoms with Crippen LogP contribution >= 0.6 is 0 Å². The highest BCUT2D eigenvalue weighted by Crippen LogP contribution is 2.63. The number of carbonyl (C=O) groups is 1. The molecule has 1 amide bonds. The van der Waals surface area contributed by atoms with Crippen molar-refractivity contribution in [2.45, 2.75) is 53.4 Å². The van der Waals surface area contributed by atoms with E-state index in [-0.39, 0.29) is 5.41 Å². The molecular weight excluding hydrogens is 282 g/mol. The lowest BCUT2D eigenvalue weighted by Crippen LogP contribution is -2.52. The van der Waals surface area contributed by atoms with E-state index >= 15 is 0 Å². The lowest BCUT2D eigenvalue weighted by Gasteiger charge is -2.50. The molecule has 0 aliphatic heterocycles. The second kappa shape index (κ2) is 5.96. The fraction of sp³-hybridized carbons (Fsp3) is 0.667. The Morgan fingerprint density at radius 1 is 1.17 bits per heavy atom. The molecule has 1 aromatic rings. The average molecular weight is 313 g/mol. The predicted molar refractivity (Wildman–Crippen MR) is 95.0 cm³/mol. The van der Waals surface area contributed by atoms with Crippen LogP contribution in [0.2, 0.25) is 0 Å². The molecule has 0 heterocycles. The van der Waals surface area contributed by atoms with Gasteiger partial charge in [0.2, 0.25) is 5.91 Å². The summed E-state index contributed by atoms with van der Waals surface area (Å²) in [5.41, 5.74) is 1.54. The first kappa shape index (κ1) is 16.5. The number of hydrogen-bond acceptors (Lipinski definition) is 1. The number of amides is 1. The standard InChI is InChI=1S/C21H31NO/c1-15-16(2)21(12-10-18(14-21)20(15,3)4)19(23)22-13-11-17-8-6-5-7-9-17/h5-9,15-16,18H,10-14H2,1-4H3,(H,22,23). The number of hydrogen-bond donors (Lipinski definition) is 1. The molecule has 4 unspecified atom stereocenters. The first-order chi connectivity index (χ1) is 10.9. The molecular formula is C21H31NO. The highest BCUT2D eigenvalue weighted by atomic mass is 16.2. The number of carbonyl (C=O) groups excluding carboxylic acids is 1. The first-order valence-electron chi connectivity index (χ1n) is 9.20. The van der Waals surface area contributed by atoms with E-state index in [0.29, 0.717) is 29.1 Å². The minimum Gasteiger partial charge on any atom is -0.355 e. The van der Waals surface area contributed by atoms with Crippen LogP contribution in [0.25, 0.3) is 0 Å². The third-order valence-electron chi connectivity index (χ3n) is 7.39. The lowest BCUT2D eigenvalue weighted by atomic mass is 9.54. The van der Waals surface area contributed by atoms with Crippen molar-refractivity contribution in [2.24, 2.45) is 28.6 Å². The smallest absolute Gasteiger partial charge is 0.226 e. The number of nitrogens with one attached hydrogen (secondary N) is 1. The molecule has 3 rings (SSSR count). The summed E-state index contributed by atoms with van der Waals surface area (Å²) >= 11 is 0. The number of rotatable bonds is 4. The summed E-state index contributed by atoms with van der Waals surface area (Å²) in [7, 11) is 0. The van der Waals surface area contributed by atoms with Crippen LogP contribution in [0, 0.1) is 28.6 Å². The van der Waals surface area contributed by atoms with Crippen molar-refractivity contribution >= 4 is 5.91 Å². The summed E-state index contributed by atoms with van der Waals surface area (Å²) in [6.07, 6.45) is 4.29. The Bertz CT molecular complexity index is 564. The van der Waals surface area contributed by atoms with Crippen LogP contribution in [0.5, 0.6) is 0 Å². The molecule has 126 valence electrons. The van der Waals surface area contributed by atoms with E-state index in [1.54, 1.807) is 0 Å². The molecule has 2 fully saturated rings. The minimum atomic E-state index is -0.115. The monoisotopic (exact) mass is 313 g/mol. The van der Waals surface area contributed by atoms with Crippen LogP contribution in [0.3, 0.4) is 0 Å². The van der Waals surface area contributed by atoms with Crippen LogP contribution in [0.15, 0.2) is 30.3 Å². The quantitative estimate of drug-likeness (QED) is 0.874. The zero-order chi connectivity index (χ0) is 16.7. The fourth-order valence-electron chi connectivity index (χ4n) is 5.17. The van der Waals surface area contributed by atoms with Gasteiger partial charge in [0.1, 0.15) is 0 Å². The van der Waals surface area contributed by atoms with Gasteiger partial charge in [-0.3, -0.25) is 4.79 Å². The molecule has 2 aliphatic rings. The largest absolute Gasteiger partial charge is 0.355 e. The van der Waals surface area contributed by atoms with Crippen LogP contribution in [-0.4, -0.2) is 12.5 Å². The second-order valence-electron chi connectivity index (χ2n) is 8.49. The molecule has 23 heavy (non-hydrogen) atoms. The highest BCUT2D eigenvalue weighted by Gasteiger charge is 2.59. The topological polar surface area (TPSA) is 29.1 Å². The SMILES string of the molecule is CC1C(C)C(C)(C)C2CCC1(C(=O)NCCc1ccccc1)C2. The molecule has 2 heteroatoms. The van der Waals surface area contributed by atoms with Gasteiger partial charge in [-0.2, -0.15) is 0 Å². The first-order valence-corrected chi connectivity index (χ1v) is 9.20. The van der Waals surface area contributed by atoms with Gasteiger partial charge < -0.3 is 5.32 Å². The molecule has 2 nitrogen and oxygen atoms in total. The third-order valence-corrected chi connectivity index (χ3v) is 7.39. The third kappa shape index (κ3) is 2.70. The summed E-state index contributed by atoms with van der Waals surface area (Å²) in [6.45, 7) is 10.2. The van der Waals surface area contributed by atoms with E-state index in [4.69, 9.17) is 0 Å². The number of fused-ring (bicyclic) bond motifs is 2. The van der Waals surface area contributed by atoms with Gasteiger partial charge in [0.25, 0.3) is 0 Å². The summed E-state index contributed by atoms with van der Waals surface area (Å²) in [5.74, 6) is 2.08. The van der Waals surface area contributed by atoms with Gasteiger partial charge in [-0.25, -0.2) is 0 Å². The Hall–Kier alpha value is -1.31. The Labute approximate surface area is 141 Å². The summed E-state index contributed by atoms with van der Waals surface area (Å²) in [5, 5.41) is 3.26. The van der Waals surface area contributed by atoms with Crippen molar-refractivity contribution in [3.05, 3.63) is 35.9 Å². The van der Waals surface area contributed by atoms with Gasteiger partial charge in [-0.1, -0.05) is 58.0 Å². The fourth-order valence-corrected chi connectivity index (χ4v) is 5.17. The molecule has 4 atom stereocenters. The van der Waals surface area contributed by atoms with Crippen molar-refractivity contribution in [3.63, 3.8) is 0 Å². The zero-order valence-corrected chi connectivity index (χ0v) is 15.1. The number of benzene rings is 1. The van der Waals surface area contributed by atoms with Crippen molar-refractivity contribution in [1.29, 1.82) is 0 Å². The van der Waals surface area contributed by atoms with Crippen LogP contribution < -0.4 is 5.32 Å². The van der Waals surface area contributed by atoms with E-state index in [1.807, 2.05) is 6.07 Å². The molecule has 2 saturated carbocycles. The molecule has 2 bridgehead atoms. The Morgan fingerprint density at radius 3 is 2.57 bits per heavy atom. The maximum absolute atomic E-state index is 13.0. The maximum Gasteiger partial charge on any atom is 0.226 e. The highest BCUT2D eigenvalue weighted by molar-refractivity contribution is 5.83. The van der Waals surface area contributed by atoms with E-state index in [9.17, 15) is 4.79 Å². The second-order valence-corrected chi connectivity index (χ2v) is 8.49.